The highest BCUT2D eigenvalue weighted by atomic mass is 19.1. The summed E-state index contributed by atoms with van der Waals surface area (Å²) in [5.74, 6) is -0.165. The lowest BCUT2D eigenvalue weighted by molar-refractivity contribution is 0.541. The summed E-state index contributed by atoms with van der Waals surface area (Å²) in [5.41, 5.74) is 2.71. The van der Waals surface area contributed by atoms with E-state index in [0.29, 0.717) is 5.56 Å². The molecular formula is C14H20FN. The maximum absolute atomic E-state index is 13.7. The SMILES string of the molecule is C=C(C)C(NCCC)c1cc(C)ccc1F. The van der Waals surface area contributed by atoms with Gasteiger partial charge in [-0.05, 0) is 32.9 Å². The third-order valence-electron chi connectivity index (χ3n) is 2.55. The minimum absolute atomic E-state index is 0.0835. The summed E-state index contributed by atoms with van der Waals surface area (Å²) in [5, 5.41) is 3.31. The summed E-state index contributed by atoms with van der Waals surface area (Å²) >= 11 is 0. The van der Waals surface area contributed by atoms with Gasteiger partial charge in [0.1, 0.15) is 5.82 Å². The van der Waals surface area contributed by atoms with Crippen LogP contribution >= 0.6 is 0 Å². The molecule has 1 rings (SSSR count). The average molecular weight is 221 g/mol. The molecule has 0 aliphatic heterocycles. The predicted octanol–water partition coefficient (Wildman–Crippen LogP) is 3.75. The van der Waals surface area contributed by atoms with Crippen molar-refractivity contribution in [2.24, 2.45) is 0 Å². The molecule has 0 radical (unpaired) electrons. The Labute approximate surface area is 97.4 Å². The van der Waals surface area contributed by atoms with Gasteiger partial charge in [-0.2, -0.15) is 0 Å². The Kier molecular flexibility index (Phi) is 4.69. The van der Waals surface area contributed by atoms with Crippen molar-refractivity contribution < 1.29 is 4.39 Å². The summed E-state index contributed by atoms with van der Waals surface area (Å²) in [7, 11) is 0. The molecule has 1 atom stereocenters. The Bertz CT molecular complexity index is 371. The largest absolute Gasteiger partial charge is 0.306 e. The van der Waals surface area contributed by atoms with Crippen LogP contribution in [0.15, 0.2) is 30.4 Å². The highest BCUT2D eigenvalue weighted by Crippen LogP contribution is 2.23. The minimum Gasteiger partial charge on any atom is -0.306 e. The van der Waals surface area contributed by atoms with Gasteiger partial charge in [-0.25, -0.2) is 4.39 Å². The highest BCUT2D eigenvalue weighted by molar-refractivity contribution is 5.31. The molecule has 1 aromatic rings. The molecule has 1 aromatic carbocycles. The molecule has 0 bridgehead atoms. The summed E-state index contributed by atoms with van der Waals surface area (Å²) in [6.45, 7) is 10.8. The van der Waals surface area contributed by atoms with Crippen molar-refractivity contribution in [1.82, 2.24) is 5.32 Å². The van der Waals surface area contributed by atoms with E-state index in [2.05, 4.69) is 18.8 Å². The van der Waals surface area contributed by atoms with Gasteiger partial charge in [-0.15, -0.1) is 0 Å². The minimum atomic E-state index is -0.165. The van der Waals surface area contributed by atoms with Crippen molar-refractivity contribution in [2.75, 3.05) is 6.54 Å². The first-order valence-electron chi connectivity index (χ1n) is 5.71. The second kappa shape index (κ2) is 5.80. The van der Waals surface area contributed by atoms with Crippen molar-refractivity contribution in [1.29, 1.82) is 0 Å². The molecule has 0 saturated heterocycles. The molecule has 0 spiro atoms. The summed E-state index contributed by atoms with van der Waals surface area (Å²) in [6.07, 6.45) is 1.03. The molecule has 0 aliphatic carbocycles. The molecule has 1 N–H and O–H groups in total. The molecule has 88 valence electrons. The topological polar surface area (TPSA) is 12.0 Å². The zero-order chi connectivity index (χ0) is 12.1. The van der Waals surface area contributed by atoms with Crippen LogP contribution in [0.3, 0.4) is 0 Å². The van der Waals surface area contributed by atoms with Crippen LogP contribution in [0.2, 0.25) is 0 Å². The quantitative estimate of drug-likeness (QED) is 0.747. The van der Waals surface area contributed by atoms with Crippen molar-refractivity contribution >= 4 is 0 Å². The van der Waals surface area contributed by atoms with E-state index in [4.69, 9.17) is 0 Å². The van der Waals surface area contributed by atoms with Gasteiger partial charge >= 0.3 is 0 Å². The Balaban J connectivity index is 3.00. The van der Waals surface area contributed by atoms with Crippen LogP contribution in [-0.4, -0.2) is 6.54 Å². The normalized spacial score (nSPS) is 12.5. The Hall–Kier alpha value is -1.15. The van der Waals surface area contributed by atoms with Gasteiger partial charge in [0, 0.05) is 5.56 Å². The van der Waals surface area contributed by atoms with Crippen molar-refractivity contribution in [2.45, 2.75) is 33.2 Å². The van der Waals surface area contributed by atoms with E-state index >= 15 is 0 Å². The van der Waals surface area contributed by atoms with Gasteiger partial charge in [0.25, 0.3) is 0 Å². The van der Waals surface area contributed by atoms with Gasteiger partial charge in [0.15, 0.2) is 0 Å². The average Bonchev–Trinajstić information content (AvgIpc) is 2.23. The second-order valence-electron chi connectivity index (χ2n) is 4.26. The predicted molar refractivity (Wildman–Crippen MR) is 67.0 cm³/mol. The Morgan fingerprint density at radius 3 is 2.75 bits per heavy atom. The molecule has 1 unspecified atom stereocenters. The molecule has 0 fully saturated rings. The van der Waals surface area contributed by atoms with Crippen molar-refractivity contribution in [3.05, 3.63) is 47.3 Å². The standard InChI is InChI=1S/C14H20FN/c1-5-8-16-14(10(2)3)12-9-11(4)6-7-13(12)15/h6-7,9,14,16H,2,5,8H2,1,3-4H3. The van der Waals surface area contributed by atoms with E-state index in [0.717, 1.165) is 24.1 Å². The smallest absolute Gasteiger partial charge is 0.128 e. The molecule has 2 heteroatoms. The Morgan fingerprint density at radius 2 is 2.19 bits per heavy atom. The van der Waals surface area contributed by atoms with E-state index in [1.807, 2.05) is 19.9 Å². The number of hydrogen-bond acceptors (Lipinski definition) is 1. The van der Waals surface area contributed by atoms with Gasteiger partial charge in [0.05, 0.1) is 6.04 Å². The lowest BCUT2D eigenvalue weighted by Crippen LogP contribution is -2.23. The number of benzene rings is 1. The number of rotatable bonds is 5. The first kappa shape index (κ1) is 12.9. The van der Waals surface area contributed by atoms with Crippen LogP contribution < -0.4 is 5.32 Å². The number of hydrogen-bond donors (Lipinski definition) is 1. The fourth-order valence-corrected chi connectivity index (χ4v) is 1.72. The van der Waals surface area contributed by atoms with E-state index in [9.17, 15) is 4.39 Å². The third-order valence-corrected chi connectivity index (χ3v) is 2.55. The molecule has 0 amide bonds. The number of halogens is 1. The number of aryl methyl sites for hydroxylation is 1. The van der Waals surface area contributed by atoms with Gasteiger partial charge < -0.3 is 5.32 Å². The maximum Gasteiger partial charge on any atom is 0.128 e. The van der Waals surface area contributed by atoms with Crippen LogP contribution in [0.25, 0.3) is 0 Å². The summed E-state index contributed by atoms with van der Waals surface area (Å²) in [6, 6.07) is 5.11. The molecule has 0 aliphatic rings. The van der Waals surface area contributed by atoms with Crippen molar-refractivity contribution in [3.63, 3.8) is 0 Å². The Morgan fingerprint density at radius 1 is 1.50 bits per heavy atom. The molecule has 1 nitrogen and oxygen atoms in total. The van der Waals surface area contributed by atoms with Crippen LogP contribution in [-0.2, 0) is 0 Å². The lowest BCUT2D eigenvalue weighted by Gasteiger charge is -2.20. The molecular weight excluding hydrogens is 201 g/mol. The fourth-order valence-electron chi connectivity index (χ4n) is 1.72. The summed E-state index contributed by atoms with van der Waals surface area (Å²) < 4.78 is 13.7. The zero-order valence-electron chi connectivity index (χ0n) is 10.3. The number of nitrogens with one attached hydrogen (secondary N) is 1. The van der Waals surface area contributed by atoms with E-state index < -0.39 is 0 Å². The van der Waals surface area contributed by atoms with Gasteiger partial charge in [0.2, 0.25) is 0 Å². The van der Waals surface area contributed by atoms with Gasteiger partial charge in [-0.3, -0.25) is 0 Å². The third kappa shape index (κ3) is 3.17. The maximum atomic E-state index is 13.7. The monoisotopic (exact) mass is 221 g/mol. The first-order chi connectivity index (χ1) is 7.56. The molecule has 0 heterocycles. The van der Waals surface area contributed by atoms with Crippen LogP contribution in [0.5, 0.6) is 0 Å². The van der Waals surface area contributed by atoms with Crippen LogP contribution in [0.1, 0.15) is 37.4 Å². The molecule has 16 heavy (non-hydrogen) atoms. The molecule has 0 saturated carbocycles. The lowest BCUT2D eigenvalue weighted by atomic mass is 9.98. The fraction of sp³-hybridized carbons (Fsp3) is 0.429. The van der Waals surface area contributed by atoms with Crippen molar-refractivity contribution in [3.8, 4) is 0 Å². The highest BCUT2D eigenvalue weighted by Gasteiger charge is 2.15. The van der Waals surface area contributed by atoms with Crippen LogP contribution in [0, 0.1) is 12.7 Å². The molecule has 0 aromatic heterocycles. The van der Waals surface area contributed by atoms with E-state index in [-0.39, 0.29) is 11.9 Å². The van der Waals surface area contributed by atoms with E-state index in [1.54, 1.807) is 6.07 Å². The first-order valence-corrected chi connectivity index (χ1v) is 5.71. The van der Waals surface area contributed by atoms with Gasteiger partial charge in [-0.1, -0.05) is 36.8 Å². The summed E-state index contributed by atoms with van der Waals surface area (Å²) in [4.78, 5) is 0. The van der Waals surface area contributed by atoms with E-state index in [1.165, 1.54) is 6.07 Å². The van der Waals surface area contributed by atoms with Crippen LogP contribution in [0.4, 0.5) is 4.39 Å². The zero-order valence-corrected chi connectivity index (χ0v) is 10.3. The second-order valence-corrected chi connectivity index (χ2v) is 4.26.